The third-order valence-electron chi connectivity index (χ3n) is 5.87. The van der Waals surface area contributed by atoms with Crippen LogP contribution in [0.3, 0.4) is 0 Å². The minimum Gasteiger partial charge on any atom is -0.480 e. The standard InChI is InChI=1S/C23H36N4O6S/c1-16(2)18-4-6-19(7-5-18)34(32,33)27-20(23(30)31)15-26-22(29)11-14-25-21(28)8-3-17-9-12-24-13-10-17/h4-7,16-17,20,24,27H,3,8-15H2,1-2H3,(H,25,28)(H,26,29)(H,30,31)/t20-/m0/s1. The van der Waals surface area contributed by atoms with Gasteiger partial charge in [0.15, 0.2) is 0 Å². The molecule has 1 aromatic rings. The first-order valence-electron chi connectivity index (χ1n) is 11.7. The van der Waals surface area contributed by atoms with E-state index in [4.69, 9.17) is 0 Å². The van der Waals surface area contributed by atoms with Gasteiger partial charge in [-0.15, -0.1) is 0 Å². The predicted octanol–water partition coefficient (Wildman–Crippen LogP) is 0.944. The molecule has 34 heavy (non-hydrogen) atoms. The molecule has 0 unspecified atom stereocenters. The highest BCUT2D eigenvalue weighted by molar-refractivity contribution is 7.89. The van der Waals surface area contributed by atoms with E-state index < -0.39 is 34.5 Å². The molecule has 0 spiro atoms. The second-order valence-electron chi connectivity index (χ2n) is 8.87. The van der Waals surface area contributed by atoms with Gasteiger partial charge >= 0.3 is 5.97 Å². The molecule has 2 amide bonds. The number of benzene rings is 1. The van der Waals surface area contributed by atoms with Crippen LogP contribution in [0, 0.1) is 5.92 Å². The maximum absolute atomic E-state index is 12.6. The number of carboxylic acids is 1. The normalized spacial score (nSPS) is 15.6. The van der Waals surface area contributed by atoms with E-state index in [1.54, 1.807) is 12.1 Å². The number of amides is 2. The van der Waals surface area contributed by atoms with E-state index in [1.807, 2.05) is 13.8 Å². The van der Waals surface area contributed by atoms with Crippen LogP contribution in [0.5, 0.6) is 0 Å². The Morgan fingerprint density at radius 1 is 1.03 bits per heavy atom. The number of hydrogen-bond acceptors (Lipinski definition) is 6. The van der Waals surface area contributed by atoms with Gasteiger partial charge in [0.1, 0.15) is 6.04 Å². The minimum atomic E-state index is -4.08. The molecule has 0 aromatic heterocycles. The van der Waals surface area contributed by atoms with Crippen LogP contribution in [0.25, 0.3) is 0 Å². The summed E-state index contributed by atoms with van der Waals surface area (Å²) in [5.41, 5.74) is 0.958. The highest BCUT2D eigenvalue weighted by atomic mass is 32.2. The summed E-state index contributed by atoms with van der Waals surface area (Å²) in [5.74, 6) is -1.24. The maximum Gasteiger partial charge on any atom is 0.323 e. The van der Waals surface area contributed by atoms with Crippen molar-refractivity contribution in [3.8, 4) is 0 Å². The van der Waals surface area contributed by atoms with E-state index in [9.17, 15) is 27.9 Å². The number of sulfonamides is 1. The lowest BCUT2D eigenvalue weighted by atomic mass is 9.93. The van der Waals surface area contributed by atoms with Crippen LogP contribution in [0.4, 0.5) is 0 Å². The topological polar surface area (TPSA) is 154 Å². The number of carboxylic acid groups (broad SMARTS) is 1. The largest absolute Gasteiger partial charge is 0.480 e. The molecule has 2 rings (SSSR count). The summed E-state index contributed by atoms with van der Waals surface area (Å²) in [6.45, 7) is 5.62. The predicted molar refractivity (Wildman–Crippen MR) is 128 cm³/mol. The van der Waals surface area contributed by atoms with E-state index in [0.717, 1.165) is 37.9 Å². The fourth-order valence-corrected chi connectivity index (χ4v) is 4.87. The second kappa shape index (κ2) is 13.4. The van der Waals surface area contributed by atoms with Gasteiger partial charge in [-0.25, -0.2) is 8.42 Å². The molecule has 1 atom stereocenters. The first-order chi connectivity index (χ1) is 16.1. The second-order valence-corrected chi connectivity index (χ2v) is 10.6. The highest BCUT2D eigenvalue weighted by Crippen LogP contribution is 2.18. The lowest BCUT2D eigenvalue weighted by molar-refractivity contribution is -0.138. The first kappa shape index (κ1) is 27.7. The van der Waals surface area contributed by atoms with Crippen LogP contribution in [0.2, 0.25) is 0 Å². The van der Waals surface area contributed by atoms with Gasteiger partial charge in [-0.05, 0) is 61.9 Å². The zero-order valence-corrected chi connectivity index (χ0v) is 20.6. The van der Waals surface area contributed by atoms with Crippen LogP contribution in [0.15, 0.2) is 29.2 Å². The molecule has 11 heteroatoms. The van der Waals surface area contributed by atoms with E-state index in [2.05, 4.69) is 20.7 Å². The van der Waals surface area contributed by atoms with Crippen molar-refractivity contribution in [2.45, 2.75) is 62.8 Å². The van der Waals surface area contributed by atoms with Crippen LogP contribution in [0.1, 0.15) is 57.4 Å². The number of rotatable bonds is 13. The Balaban J connectivity index is 1.74. The minimum absolute atomic E-state index is 0.0329. The molecule has 1 fully saturated rings. The summed E-state index contributed by atoms with van der Waals surface area (Å²) >= 11 is 0. The molecule has 0 saturated carbocycles. The van der Waals surface area contributed by atoms with Crippen molar-refractivity contribution in [2.24, 2.45) is 5.92 Å². The fraction of sp³-hybridized carbons (Fsp3) is 0.609. The summed E-state index contributed by atoms with van der Waals surface area (Å²) < 4.78 is 27.2. The Bertz CT molecular complexity index is 927. The van der Waals surface area contributed by atoms with Gasteiger partial charge in [-0.1, -0.05) is 26.0 Å². The molecule has 1 heterocycles. The molecule has 0 bridgehead atoms. The van der Waals surface area contributed by atoms with Crippen LogP contribution < -0.4 is 20.7 Å². The van der Waals surface area contributed by atoms with Crippen LogP contribution in [-0.2, 0) is 24.4 Å². The molecule has 0 aliphatic carbocycles. The number of nitrogens with one attached hydrogen (secondary N) is 4. The SMILES string of the molecule is CC(C)c1ccc(S(=O)(=O)N[C@@H](CNC(=O)CCNC(=O)CCC2CCNCC2)C(=O)O)cc1. The summed E-state index contributed by atoms with van der Waals surface area (Å²) in [6.07, 6.45) is 3.32. The van der Waals surface area contributed by atoms with Crippen molar-refractivity contribution in [3.05, 3.63) is 29.8 Å². The third kappa shape index (κ3) is 9.40. The van der Waals surface area contributed by atoms with Crippen LogP contribution >= 0.6 is 0 Å². The average molecular weight is 497 g/mol. The summed E-state index contributed by atoms with van der Waals surface area (Å²) in [5, 5.41) is 17.8. The summed E-state index contributed by atoms with van der Waals surface area (Å²) in [6, 6.07) is 4.67. The fourth-order valence-electron chi connectivity index (χ4n) is 3.68. The van der Waals surface area contributed by atoms with Gasteiger partial charge in [-0.3, -0.25) is 14.4 Å². The number of aliphatic carboxylic acids is 1. The molecule has 10 nitrogen and oxygen atoms in total. The molecule has 0 radical (unpaired) electrons. The first-order valence-corrected chi connectivity index (χ1v) is 13.2. The Morgan fingerprint density at radius 3 is 2.24 bits per heavy atom. The molecule has 5 N–H and O–H groups in total. The Morgan fingerprint density at radius 2 is 1.65 bits per heavy atom. The number of piperidine rings is 1. The molecular weight excluding hydrogens is 460 g/mol. The van der Waals surface area contributed by atoms with Gasteiger partial charge in [0, 0.05) is 25.9 Å². The maximum atomic E-state index is 12.6. The van der Waals surface area contributed by atoms with Crippen LogP contribution in [-0.4, -0.2) is 63.5 Å². The van der Waals surface area contributed by atoms with E-state index in [1.165, 1.54) is 12.1 Å². The molecular formula is C23H36N4O6S. The Kier molecular flexibility index (Phi) is 10.9. The number of carbonyl (C=O) groups is 3. The van der Waals surface area contributed by atoms with Crippen molar-refractivity contribution in [2.75, 3.05) is 26.2 Å². The van der Waals surface area contributed by atoms with Crippen molar-refractivity contribution >= 4 is 27.8 Å². The molecule has 1 aliphatic rings. The third-order valence-corrected chi connectivity index (χ3v) is 7.36. The van der Waals surface area contributed by atoms with E-state index >= 15 is 0 Å². The average Bonchev–Trinajstić information content (AvgIpc) is 2.81. The Hall–Kier alpha value is -2.50. The molecule has 1 aliphatic heterocycles. The van der Waals surface area contributed by atoms with E-state index in [0.29, 0.717) is 12.3 Å². The smallest absolute Gasteiger partial charge is 0.323 e. The van der Waals surface area contributed by atoms with Crippen molar-refractivity contribution in [1.82, 2.24) is 20.7 Å². The molecule has 1 saturated heterocycles. The number of hydrogen-bond donors (Lipinski definition) is 5. The van der Waals surface area contributed by atoms with E-state index in [-0.39, 0.29) is 29.7 Å². The zero-order chi connectivity index (χ0) is 25.1. The van der Waals surface area contributed by atoms with Gasteiger partial charge in [-0.2, -0.15) is 4.72 Å². The highest BCUT2D eigenvalue weighted by Gasteiger charge is 2.26. The molecule has 1 aromatic carbocycles. The monoisotopic (exact) mass is 496 g/mol. The zero-order valence-electron chi connectivity index (χ0n) is 19.8. The lowest BCUT2D eigenvalue weighted by Crippen LogP contribution is -2.48. The van der Waals surface area contributed by atoms with Gasteiger partial charge < -0.3 is 21.1 Å². The van der Waals surface area contributed by atoms with Gasteiger partial charge in [0.2, 0.25) is 21.8 Å². The summed E-state index contributed by atoms with van der Waals surface area (Å²) in [4.78, 5) is 35.5. The number of carbonyl (C=O) groups excluding carboxylic acids is 2. The van der Waals surface area contributed by atoms with Crippen molar-refractivity contribution < 1.29 is 27.9 Å². The molecule has 190 valence electrons. The van der Waals surface area contributed by atoms with Crippen molar-refractivity contribution in [3.63, 3.8) is 0 Å². The lowest BCUT2D eigenvalue weighted by Gasteiger charge is -2.22. The van der Waals surface area contributed by atoms with Gasteiger partial charge in [0.05, 0.1) is 4.90 Å². The summed E-state index contributed by atoms with van der Waals surface area (Å²) in [7, 11) is -4.08. The Labute approximate surface area is 201 Å². The van der Waals surface area contributed by atoms with Crippen molar-refractivity contribution in [1.29, 1.82) is 0 Å². The van der Waals surface area contributed by atoms with Gasteiger partial charge in [0.25, 0.3) is 0 Å². The quantitative estimate of drug-likeness (QED) is 0.272.